The van der Waals surface area contributed by atoms with Crippen molar-refractivity contribution in [2.24, 2.45) is 0 Å². The van der Waals surface area contributed by atoms with Gasteiger partial charge < -0.3 is 15.4 Å². The van der Waals surface area contributed by atoms with E-state index < -0.39 is 0 Å². The van der Waals surface area contributed by atoms with Gasteiger partial charge in [0.25, 0.3) is 0 Å². The van der Waals surface area contributed by atoms with Gasteiger partial charge in [-0.3, -0.25) is 4.98 Å². The van der Waals surface area contributed by atoms with Crippen LogP contribution in [0.15, 0.2) is 30.5 Å². The van der Waals surface area contributed by atoms with Crippen LogP contribution < -0.4 is 15.4 Å². The molecule has 0 bridgehead atoms. The van der Waals surface area contributed by atoms with Crippen LogP contribution in [0, 0.1) is 20.8 Å². The summed E-state index contributed by atoms with van der Waals surface area (Å²) in [6.07, 6.45) is 1.75. The zero-order chi connectivity index (χ0) is 16.1. The first-order valence-electron chi connectivity index (χ1n) is 7.12. The average molecular weight is 299 g/mol. The van der Waals surface area contributed by atoms with Crippen molar-refractivity contribution >= 4 is 11.7 Å². The maximum Gasteiger partial charge on any atom is 0.319 e. The summed E-state index contributed by atoms with van der Waals surface area (Å²) in [6, 6.07) is 7.38. The van der Waals surface area contributed by atoms with Crippen molar-refractivity contribution in [1.82, 2.24) is 10.3 Å². The number of rotatable bonds is 4. The first-order chi connectivity index (χ1) is 10.5. The van der Waals surface area contributed by atoms with Crippen LogP contribution in [-0.4, -0.2) is 18.1 Å². The fourth-order valence-electron chi connectivity index (χ4n) is 2.23. The molecular formula is C17H21N3O2. The second-order valence-corrected chi connectivity index (χ2v) is 5.22. The average Bonchev–Trinajstić information content (AvgIpc) is 2.49. The Kier molecular flexibility index (Phi) is 4.99. The quantitative estimate of drug-likeness (QED) is 0.910. The summed E-state index contributed by atoms with van der Waals surface area (Å²) in [4.78, 5) is 16.3. The maximum absolute atomic E-state index is 11.9. The first-order valence-corrected chi connectivity index (χ1v) is 7.12. The third-order valence-electron chi connectivity index (χ3n) is 3.48. The Balaban J connectivity index is 1.98. The third-order valence-corrected chi connectivity index (χ3v) is 3.48. The fraction of sp³-hybridized carbons (Fsp3) is 0.294. The Morgan fingerprint density at radius 2 is 1.86 bits per heavy atom. The molecule has 1 aromatic heterocycles. The van der Waals surface area contributed by atoms with Gasteiger partial charge in [-0.25, -0.2) is 4.79 Å². The highest BCUT2D eigenvalue weighted by Gasteiger charge is 2.10. The van der Waals surface area contributed by atoms with Crippen molar-refractivity contribution in [3.8, 4) is 5.75 Å². The van der Waals surface area contributed by atoms with Crippen molar-refractivity contribution in [2.75, 3.05) is 12.4 Å². The normalized spacial score (nSPS) is 10.2. The van der Waals surface area contributed by atoms with E-state index in [4.69, 9.17) is 4.74 Å². The molecule has 0 fully saturated rings. The standard InChI is InChI=1S/C17H21N3O2/c1-11-5-7-14(8-6-11)20-17(21)19-10-15-13(3)16(22-4)12(2)9-18-15/h5-9H,10H2,1-4H3,(H2,19,20,21). The van der Waals surface area contributed by atoms with Crippen LogP contribution in [-0.2, 0) is 6.54 Å². The van der Waals surface area contributed by atoms with Crippen molar-refractivity contribution in [3.63, 3.8) is 0 Å². The predicted molar refractivity (Wildman–Crippen MR) is 87.3 cm³/mol. The molecule has 0 radical (unpaired) electrons. The molecule has 2 amide bonds. The van der Waals surface area contributed by atoms with Crippen molar-refractivity contribution in [2.45, 2.75) is 27.3 Å². The molecule has 1 heterocycles. The van der Waals surface area contributed by atoms with E-state index >= 15 is 0 Å². The number of pyridine rings is 1. The van der Waals surface area contributed by atoms with Gasteiger partial charge in [-0.1, -0.05) is 17.7 Å². The van der Waals surface area contributed by atoms with E-state index in [9.17, 15) is 4.79 Å². The second kappa shape index (κ2) is 6.93. The molecule has 0 unspecified atom stereocenters. The van der Waals surface area contributed by atoms with Gasteiger partial charge in [-0.15, -0.1) is 0 Å². The van der Waals surface area contributed by atoms with Crippen LogP contribution in [0.2, 0.25) is 0 Å². The summed E-state index contributed by atoms with van der Waals surface area (Å²) in [5.74, 6) is 0.811. The van der Waals surface area contributed by atoms with Crippen LogP contribution in [0.1, 0.15) is 22.4 Å². The fourth-order valence-corrected chi connectivity index (χ4v) is 2.23. The molecule has 2 aromatic rings. The minimum atomic E-state index is -0.260. The van der Waals surface area contributed by atoms with Gasteiger partial charge in [0.2, 0.25) is 0 Å². The summed E-state index contributed by atoms with van der Waals surface area (Å²) in [7, 11) is 1.64. The number of amides is 2. The van der Waals surface area contributed by atoms with Crippen LogP contribution in [0.25, 0.3) is 0 Å². The van der Waals surface area contributed by atoms with Gasteiger partial charge in [0.1, 0.15) is 5.75 Å². The monoisotopic (exact) mass is 299 g/mol. The second-order valence-electron chi connectivity index (χ2n) is 5.22. The van der Waals surface area contributed by atoms with Crippen molar-refractivity contribution in [3.05, 3.63) is 52.8 Å². The Hall–Kier alpha value is -2.56. The molecule has 1 aromatic carbocycles. The first kappa shape index (κ1) is 15.8. The number of urea groups is 1. The molecule has 0 atom stereocenters. The lowest BCUT2D eigenvalue weighted by molar-refractivity contribution is 0.251. The van der Waals surface area contributed by atoms with Crippen LogP contribution >= 0.6 is 0 Å². The molecule has 116 valence electrons. The number of nitrogens with zero attached hydrogens (tertiary/aromatic N) is 1. The number of benzene rings is 1. The number of ether oxygens (including phenoxy) is 1. The number of carbonyl (C=O) groups excluding carboxylic acids is 1. The highest BCUT2D eigenvalue weighted by molar-refractivity contribution is 5.89. The SMILES string of the molecule is COc1c(C)cnc(CNC(=O)Nc2ccc(C)cc2)c1C. The van der Waals surface area contributed by atoms with Crippen LogP contribution in [0.5, 0.6) is 5.75 Å². The number of hydrogen-bond acceptors (Lipinski definition) is 3. The molecule has 2 rings (SSSR count). The number of nitrogens with one attached hydrogen (secondary N) is 2. The van der Waals surface area contributed by atoms with Crippen molar-refractivity contribution in [1.29, 1.82) is 0 Å². The van der Waals surface area contributed by atoms with E-state index in [1.165, 1.54) is 0 Å². The molecule has 0 saturated carbocycles. The lowest BCUT2D eigenvalue weighted by atomic mass is 10.1. The summed E-state index contributed by atoms with van der Waals surface area (Å²) in [5, 5.41) is 5.60. The Labute approximate surface area is 130 Å². The van der Waals surface area contributed by atoms with E-state index in [-0.39, 0.29) is 6.03 Å². The topological polar surface area (TPSA) is 63.2 Å². The van der Waals surface area contributed by atoms with E-state index in [2.05, 4.69) is 15.6 Å². The Morgan fingerprint density at radius 3 is 2.50 bits per heavy atom. The number of anilines is 1. The van der Waals surface area contributed by atoms with E-state index in [1.807, 2.05) is 45.0 Å². The molecule has 2 N–H and O–H groups in total. The minimum Gasteiger partial charge on any atom is -0.496 e. The summed E-state index contributed by atoms with van der Waals surface area (Å²) >= 11 is 0. The Bertz CT molecular complexity index is 666. The molecule has 0 saturated heterocycles. The van der Waals surface area contributed by atoms with Crippen LogP contribution in [0.4, 0.5) is 10.5 Å². The molecule has 22 heavy (non-hydrogen) atoms. The predicted octanol–water partition coefficient (Wildman–Crippen LogP) is 3.34. The van der Waals surface area contributed by atoms with E-state index in [0.29, 0.717) is 6.54 Å². The van der Waals surface area contributed by atoms with E-state index in [0.717, 1.165) is 33.8 Å². The van der Waals surface area contributed by atoms with Gasteiger partial charge in [-0.05, 0) is 32.9 Å². The molecule has 5 nitrogen and oxygen atoms in total. The Morgan fingerprint density at radius 1 is 1.18 bits per heavy atom. The zero-order valence-corrected chi connectivity index (χ0v) is 13.4. The van der Waals surface area contributed by atoms with Crippen molar-refractivity contribution < 1.29 is 9.53 Å². The van der Waals surface area contributed by atoms with Gasteiger partial charge in [0.15, 0.2) is 0 Å². The number of aryl methyl sites for hydroxylation is 2. The summed E-state index contributed by atoms with van der Waals surface area (Å²) in [5.41, 5.74) is 4.62. The van der Waals surface area contributed by atoms with E-state index in [1.54, 1.807) is 13.3 Å². The highest BCUT2D eigenvalue weighted by Crippen LogP contribution is 2.23. The third kappa shape index (κ3) is 3.75. The lowest BCUT2D eigenvalue weighted by Crippen LogP contribution is -2.28. The largest absolute Gasteiger partial charge is 0.496 e. The highest BCUT2D eigenvalue weighted by atomic mass is 16.5. The molecule has 0 aliphatic heterocycles. The van der Waals surface area contributed by atoms with Gasteiger partial charge in [-0.2, -0.15) is 0 Å². The van der Waals surface area contributed by atoms with Gasteiger partial charge >= 0.3 is 6.03 Å². The molecule has 5 heteroatoms. The zero-order valence-electron chi connectivity index (χ0n) is 13.4. The number of methoxy groups -OCH3 is 1. The van der Waals surface area contributed by atoms with Crippen LogP contribution in [0.3, 0.4) is 0 Å². The number of aromatic nitrogens is 1. The number of carbonyl (C=O) groups is 1. The summed E-state index contributed by atoms with van der Waals surface area (Å²) in [6.45, 7) is 6.23. The van der Waals surface area contributed by atoms with Gasteiger partial charge in [0.05, 0.1) is 19.3 Å². The maximum atomic E-state index is 11.9. The molecule has 0 aliphatic carbocycles. The lowest BCUT2D eigenvalue weighted by Gasteiger charge is -2.13. The molecular weight excluding hydrogens is 278 g/mol. The number of hydrogen-bond donors (Lipinski definition) is 2. The summed E-state index contributed by atoms with van der Waals surface area (Å²) < 4.78 is 5.36. The van der Waals surface area contributed by atoms with Gasteiger partial charge in [0, 0.05) is 23.0 Å². The molecule has 0 aliphatic rings. The smallest absolute Gasteiger partial charge is 0.319 e. The molecule has 0 spiro atoms. The minimum absolute atomic E-state index is 0.260.